The van der Waals surface area contributed by atoms with Crippen LogP contribution >= 0.6 is 11.8 Å². The molecule has 1 heterocycles. The molecule has 0 saturated heterocycles. The molecule has 0 amide bonds. The lowest BCUT2D eigenvalue weighted by Gasteiger charge is -2.30. The zero-order valence-electron chi connectivity index (χ0n) is 12.0. The molecule has 2 unspecified atom stereocenters. The van der Waals surface area contributed by atoms with Crippen LogP contribution in [-0.2, 0) is 6.42 Å². The summed E-state index contributed by atoms with van der Waals surface area (Å²) in [5.74, 6) is 7.21. The largest absolute Gasteiger partial charge is 0.271 e. The molecule has 0 aliphatic heterocycles. The van der Waals surface area contributed by atoms with Crippen molar-refractivity contribution < 1.29 is 0 Å². The molecule has 3 nitrogen and oxygen atoms in total. The van der Waals surface area contributed by atoms with Gasteiger partial charge in [0.25, 0.3) is 0 Å². The summed E-state index contributed by atoms with van der Waals surface area (Å²) in [4.78, 5) is 5.91. The molecule has 4 heteroatoms. The molecule has 1 aliphatic rings. The van der Waals surface area contributed by atoms with E-state index in [1.54, 1.807) is 0 Å². The van der Waals surface area contributed by atoms with E-state index in [1.807, 2.05) is 30.1 Å². The molecule has 21 heavy (non-hydrogen) atoms. The first-order chi connectivity index (χ1) is 10.4. The molecule has 0 radical (unpaired) electrons. The van der Waals surface area contributed by atoms with E-state index >= 15 is 0 Å². The highest BCUT2D eigenvalue weighted by Gasteiger charge is 2.28. The number of hydrogen-bond donors (Lipinski definition) is 2. The Morgan fingerprint density at radius 2 is 2.10 bits per heavy atom. The first-order valence-electron chi connectivity index (χ1n) is 7.46. The highest BCUT2D eigenvalue weighted by atomic mass is 32.2. The number of nitrogens with zero attached hydrogens (tertiary/aromatic N) is 1. The van der Waals surface area contributed by atoms with Crippen molar-refractivity contribution in [3.8, 4) is 0 Å². The second-order valence-corrected chi connectivity index (χ2v) is 6.54. The molecule has 1 aliphatic carbocycles. The van der Waals surface area contributed by atoms with E-state index in [0.29, 0.717) is 5.92 Å². The minimum atomic E-state index is 0.254. The molecule has 2 atom stereocenters. The monoisotopic (exact) mass is 299 g/mol. The third-order valence-corrected chi connectivity index (χ3v) is 5.24. The Morgan fingerprint density at radius 1 is 1.24 bits per heavy atom. The number of aryl methyl sites for hydroxylation is 1. The fourth-order valence-electron chi connectivity index (χ4n) is 3.02. The average molecular weight is 299 g/mol. The first kappa shape index (κ1) is 14.6. The van der Waals surface area contributed by atoms with Crippen LogP contribution in [0, 0.1) is 0 Å². The minimum Gasteiger partial charge on any atom is -0.271 e. The maximum absolute atomic E-state index is 5.83. The Hall–Kier alpha value is -1.36. The SMILES string of the molecule is NNC(CSc1ccccc1)C1CCCc2cccnc21. The van der Waals surface area contributed by atoms with Gasteiger partial charge >= 0.3 is 0 Å². The van der Waals surface area contributed by atoms with Gasteiger partial charge in [0.1, 0.15) is 0 Å². The van der Waals surface area contributed by atoms with Crippen molar-refractivity contribution in [1.82, 2.24) is 10.4 Å². The van der Waals surface area contributed by atoms with E-state index in [-0.39, 0.29) is 6.04 Å². The second kappa shape index (κ2) is 7.07. The lowest BCUT2D eigenvalue weighted by molar-refractivity contribution is 0.417. The number of pyridine rings is 1. The second-order valence-electron chi connectivity index (χ2n) is 5.44. The van der Waals surface area contributed by atoms with E-state index in [1.165, 1.54) is 22.6 Å². The number of aromatic nitrogens is 1. The van der Waals surface area contributed by atoms with Crippen molar-refractivity contribution in [2.24, 2.45) is 5.84 Å². The summed E-state index contributed by atoms with van der Waals surface area (Å²) in [6.07, 6.45) is 5.42. The van der Waals surface area contributed by atoms with Gasteiger partial charge in [-0.05, 0) is 43.0 Å². The number of nitrogens with two attached hydrogens (primary N) is 1. The number of rotatable bonds is 5. The highest BCUT2D eigenvalue weighted by molar-refractivity contribution is 7.99. The van der Waals surface area contributed by atoms with E-state index in [2.05, 4.69) is 40.7 Å². The molecule has 3 rings (SSSR count). The van der Waals surface area contributed by atoms with Crippen LogP contribution in [0.4, 0.5) is 0 Å². The zero-order valence-corrected chi connectivity index (χ0v) is 12.9. The lowest BCUT2D eigenvalue weighted by atomic mass is 9.83. The molecule has 110 valence electrons. The summed E-state index contributed by atoms with van der Waals surface area (Å²) < 4.78 is 0. The third-order valence-electron chi connectivity index (χ3n) is 4.11. The van der Waals surface area contributed by atoms with E-state index < -0.39 is 0 Å². The zero-order chi connectivity index (χ0) is 14.5. The van der Waals surface area contributed by atoms with Crippen LogP contribution < -0.4 is 11.3 Å². The molecule has 1 aromatic carbocycles. The molecular weight excluding hydrogens is 278 g/mol. The van der Waals surface area contributed by atoms with Gasteiger partial charge in [-0.15, -0.1) is 11.8 Å². The summed E-state index contributed by atoms with van der Waals surface area (Å²) in [7, 11) is 0. The van der Waals surface area contributed by atoms with Crippen molar-refractivity contribution in [1.29, 1.82) is 0 Å². The maximum atomic E-state index is 5.83. The lowest BCUT2D eigenvalue weighted by Crippen LogP contribution is -2.43. The smallest absolute Gasteiger partial charge is 0.0482 e. The Labute approximate surface area is 130 Å². The predicted molar refractivity (Wildman–Crippen MR) is 88.2 cm³/mol. The molecule has 2 aromatic rings. The molecule has 0 spiro atoms. The number of hydrogen-bond acceptors (Lipinski definition) is 4. The van der Waals surface area contributed by atoms with Crippen LogP contribution in [0.15, 0.2) is 53.6 Å². The fourth-order valence-corrected chi connectivity index (χ4v) is 4.07. The van der Waals surface area contributed by atoms with E-state index in [0.717, 1.165) is 18.6 Å². The summed E-state index contributed by atoms with van der Waals surface area (Å²) >= 11 is 1.85. The van der Waals surface area contributed by atoms with E-state index in [9.17, 15) is 0 Å². The molecule has 0 fully saturated rings. The Bertz CT molecular complexity index is 573. The van der Waals surface area contributed by atoms with Crippen molar-refractivity contribution >= 4 is 11.8 Å². The summed E-state index contributed by atoms with van der Waals surface area (Å²) in [5, 5.41) is 0. The Balaban J connectivity index is 1.72. The van der Waals surface area contributed by atoms with Crippen molar-refractivity contribution in [2.45, 2.75) is 36.1 Å². The molecular formula is C17H21N3S. The van der Waals surface area contributed by atoms with Gasteiger partial charge in [0, 0.05) is 34.5 Å². The fraction of sp³-hybridized carbons (Fsp3) is 0.353. The number of hydrazine groups is 1. The van der Waals surface area contributed by atoms with Crippen LogP contribution in [0.5, 0.6) is 0 Å². The number of fused-ring (bicyclic) bond motifs is 1. The topological polar surface area (TPSA) is 50.9 Å². The third kappa shape index (κ3) is 3.46. The number of thioether (sulfide) groups is 1. The van der Waals surface area contributed by atoms with Gasteiger partial charge in [0.2, 0.25) is 0 Å². The maximum Gasteiger partial charge on any atom is 0.0482 e. The van der Waals surface area contributed by atoms with Gasteiger partial charge in [-0.25, -0.2) is 0 Å². The van der Waals surface area contributed by atoms with Gasteiger partial charge in [0.05, 0.1) is 0 Å². The van der Waals surface area contributed by atoms with Crippen LogP contribution in [-0.4, -0.2) is 16.8 Å². The molecule has 0 bridgehead atoms. The van der Waals surface area contributed by atoms with Gasteiger partial charge < -0.3 is 0 Å². The Kier molecular flexibility index (Phi) is 4.91. The molecule has 0 saturated carbocycles. The number of nitrogens with one attached hydrogen (secondary N) is 1. The first-order valence-corrected chi connectivity index (χ1v) is 8.45. The van der Waals surface area contributed by atoms with Gasteiger partial charge in [-0.2, -0.15) is 0 Å². The van der Waals surface area contributed by atoms with Crippen molar-refractivity contribution in [3.05, 3.63) is 59.9 Å². The van der Waals surface area contributed by atoms with Crippen LogP contribution in [0.25, 0.3) is 0 Å². The van der Waals surface area contributed by atoms with Gasteiger partial charge in [0.15, 0.2) is 0 Å². The summed E-state index contributed by atoms with van der Waals surface area (Å²) in [5.41, 5.74) is 5.65. The van der Waals surface area contributed by atoms with Crippen molar-refractivity contribution in [2.75, 3.05) is 5.75 Å². The van der Waals surface area contributed by atoms with E-state index in [4.69, 9.17) is 5.84 Å². The summed E-state index contributed by atoms with van der Waals surface area (Å²) in [6, 6.07) is 15.0. The number of benzene rings is 1. The average Bonchev–Trinajstić information content (AvgIpc) is 2.56. The minimum absolute atomic E-state index is 0.254. The molecule has 1 aromatic heterocycles. The Morgan fingerprint density at radius 3 is 2.90 bits per heavy atom. The summed E-state index contributed by atoms with van der Waals surface area (Å²) in [6.45, 7) is 0. The van der Waals surface area contributed by atoms with Crippen LogP contribution in [0.1, 0.15) is 30.0 Å². The normalized spacial score (nSPS) is 19.0. The van der Waals surface area contributed by atoms with Gasteiger partial charge in [-0.3, -0.25) is 16.3 Å². The quantitative estimate of drug-likeness (QED) is 0.506. The highest BCUT2D eigenvalue weighted by Crippen LogP contribution is 2.34. The van der Waals surface area contributed by atoms with Gasteiger partial charge in [-0.1, -0.05) is 24.3 Å². The predicted octanol–water partition coefficient (Wildman–Crippen LogP) is 3.13. The van der Waals surface area contributed by atoms with Crippen molar-refractivity contribution in [3.63, 3.8) is 0 Å². The van der Waals surface area contributed by atoms with Crippen LogP contribution in [0.3, 0.4) is 0 Å². The standard InChI is InChI=1S/C17H21N3S/c18-20-16(12-21-14-8-2-1-3-9-14)15-10-4-6-13-7-5-11-19-17(13)15/h1-3,5,7-9,11,15-16,20H,4,6,10,12,18H2. The van der Waals surface area contributed by atoms with Crippen LogP contribution in [0.2, 0.25) is 0 Å². The molecule has 3 N–H and O–H groups in total.